The number of nitrogens with one attached hydrogen (secondary N) is 1. The Balaban J connectivity index is 1.95. The summed E-state index contributed by atoms with van der Waals surface area (Å²) in [7, 11) is 2.00. The van der Waals surface area contributed by atoms with Crippen LogP contribution in [0.2, 0.25) is 0 Å². The maximum atomic E-state index is 4.20. The van der Waals surface area contributed by atoms with E-state index in [0.29, 0.717) is 0 Å². The molecule has 0 amide bonds. The third-order valence-electron chi connectivity index (χ3n) is 4.12. The Kier molecular flexibility index (Phi) is 3.83. The van der Waals surface area contributed by atoms with Crippen molar-refractivity contribution in [3.63, 3.8) is 0 Å². The summed E-state index contributed by atoms with van der Waals surface area (Å²) in [6.07, 6.45) is 6.68. The van der Waals surface area contributed by atoms with E-state index in [9.17, 15) is 0 Å². The molecular weight excluding hydrogens is 248 g/mol. The van der Waals surface area contributed by atoms with Gasteiger partial charge in [-0.15, -0.1) is 5.10 Å². The standard InChI is InChI=1S/C16H22N4/c1-3-9-20-15(11-18-19-20)16(17-2)14-8-7-12-5-4-6-13(12)10-14/h7-8,10-11,16-17H,3-6,9H2,1-2H3. The minimum absolute atomic E-state index is 0.169. The molecule has 1 aliphatic carbocycles. The normalized spacial score (nSPS) is 15.3. The first-order valence-corrected chi connectivity index (χ1v) is 7.50. The summed E-state index contributed by atoms with van der Waals surface area (Å²) in [4.78, 5) is 0. The minimum atomic E-state index is 0.169. The summed E-state index contributed by atoms with van der Waals surface area (Å²) in [5.74, 6) is 0. The summed E-state index contributed by atoms with van der Waals surface area (Å²) in [6.45, 7) is 3.08. The van der Waals surface area contributed by atoms with Gasteiger partial charge in [0.1, 0.15) is 0 Å². The van der Waals surface area contributed by atoms with Crippen LogP contribution in [0.5, 0.6) is 0 Å². The number of hydrogen-bond donors (Lipinski definition) is 1. The highest BCUT2D eigenvalue weighted by Gasteiger charge is 2.19. The van der Waals surface area contributed by atoms with Crippen molar-refractivity contribution in [3.05, 3.63) is 46.8 Å². The van der Waals surface area contributed by atoms with Gasteiger partial charge in [-0.05, 0) is 49.4 Å². The van der Waals surface area contributed by atoms with E-state index in [1.54, 1.807) is 0 Å². The molecule has 106 valence electrons. The molecule has 0 spiro atoms. The summed E-state index contributed by atoms with van der Waals surface area (Å²) >= 11 is 0. The molecular formula is C16H22N4. The van der Waals surface area contributed by atoms with Gasteiger partial charge in [0.2, 0.25) is 0 Å². The molecule has 4 heteroatoms. The van der Waals surface area contributed by atoms with Gasteiger partial charge >= 0.3 is 0 Å². The molecule has 0 bridgehead atoms. The third kappa shape index (κ3) is 2.36. The molecule has 0 aliphatic heterocycles. The zero-order valence-electron chi connectivity index (χ0n) is 12.3. The van der Waals surface area contributed by atoms with Gasteiger partial charge in [-0.3, -0.25) is 0 Å². The largest absolute Gasteiger partial charge is 0.308 e. The fourth-order valence-electron chi connectivity index (χ4n) is 3.13. The smallest absolute Gasteiger partial charge is 0.0801 e. The van der Waals surface area contributed by atoms with Crippen molar-refractivity contribution in [2.75, 3.05) is 7.05 Å². The van der Waals surface area contributed by atoms with Gasteiger partial charge in [-0.1, -0.05) is 30.3 Å². The number of aromatic nitrogens is 3. The van der Waals surface area contributed by atoms with E-state index < -0.39 is 0 Å². The lowest BCUT2D eigenvalue weighted by molar-refractivity contribution is 0.523. The van der Waals surface area contributed by atoms with Crippen molar-refractivity contribution >= 4 is 0 Å². The van der Waals surface area contributed by atoms with Crippen LogP contribution in [0.1, 0.15) is 48.2 Å². The van der Waals surface area contributed by atoms with Crippen molar-refractivity contribution in [1.29, 1.82) is 0 Å². The molecule has 1 heterocycles. The number of rotatable bonds is 5. The van der Waals surface area contributed by atoms with Gasteiger partial charge in [0.05, 0.1) is 17.9 Å². The molecule has 20 heavy (non-hydrogen) atoms. The van der Waals surface area contributed by atoms with E-state index >= 15 is 0 Å². The van der Waals surface area contributed by atoms with Crippen LogP contribution in [-0.4, -0.2) is 22.0 Å². The van der Waals surface area contributed by atoms with Gasteiger partial charge in [0.25, 0.3) is 0 Å². The number of nitrogens with zero attached hydrogens (tertiary/aromatic N) is 3. The first-order chi connectivity index (χ1) is 9.83. The first kappa shape index (κ1) is 13.3. The van der Waals surface area contributed by atoms with E-state index in [4.69, 9.17) is 0 Å². The molecule has 1 aromatic carbocycles. The van der Waals surface area contributed by atoms with Crippen molar-refractivity contribution in [3.8, 4) is 0 Å². The van der Waals surface area contributed by atoms with Gasteiger partial charge in [0.15, 0.2) is 0 Å². The molecule has 2 aromatic rings. The molecule has 1 aliphatic rings. The quantitative estimate of drug-likeness (QED) is 0.907. The highest BCUT2D eigenvalue weighted by molar-refractivity contribution is 5.38. The van der Waals surface area contributed by atoms with Gasteiger partial charge < -0.3 is 5.32 Å². The Labute approximate surface area is 120 Å². The predicted octanol–water partition coefficient (Wildman–Crippen LogP) is 2.49. The fraction of sp³-hybridized carbons (Fsp3) is 0.500. The monoisotopic (exact) mass is 270 g/mol. The van der Waals surface area contributed by atoms with Crippen LogP contribution in [-0.2, 0) is 19.4 Å². The number of aryl methyl sites for hydroxylation is 3. The molecule has 1 unspecified atom stereocenters. The Bertz CT molecular complexity index is 588. The predicted molar refractivity (Wildman–Crippen MR) is 79.7 cm³/mol. The molecule has 1 aromatic heterocycles. The maximum Gasteiger partial charge on any atom is 0.0801 e. The van der Waals surface area contributed by atoms with Crippen LogP contribution in [0.15, 0.2) is 24.4 Å². The molecule has 0 saturated carbocycles. The third-order valence-corrected chi connectivity index (χ3v) is 4.12. The Hall–Kier alpha value is -1.68. The van der Waals surface area contributed by atoms with Crippen LogP contribution in [0.25, 0.3) is 0 Å². The molecule has 0 radical (unpaired) electrons. The summed E-state index contributed by atoms with van der Waals surface area (Å²) in [5.41, 5.74) is 5.49. The average Bonchev–Trinajstić information content (AvgIpc) is 3.09. The zero-order chi connectivity index (χ0) is 13.9. The van der Waals surface area contributed by atoms with Crippen molar-refractivity contribution in [2.45, 2.75) is 45.2 Å². The Morgan fingerprint density at radius 3 is 2.95 bits per heavy atom. The zero-order valence-corrected chi connectivity index (χ0v) is 12.3. The van der Waals surface area contributed by atoms with Crippen LogP contribution in [0.4, 0.5) is 0 Å². The van der Waals surface area contributed by atoms with E-state index in [2.05, 4.69) is 40.8 Å². The fourth-order valence-corrected chi connectivity index (χ4v) is 3.13. The second-order valence-electron chi connectivity index (χ2n) is 5.49. The van der Waals surface area contributed by atoms with Crippen molar-refractivity contribution in [2.24, 2.45) is 0 Å². The Morgan fingerprint density at radius 1 is 1.30 bits per heavy atom. The van der Waals surface area contributed by atoms with Gasteiger partial charge in [0, 0.05) is 6.54 Å². The first-order valence-electron chi connectivity index (χ1n) is 7.50. The van der Waals surface area contributed by atoms with E-state index in [1.807, 2.05) is 17.9 Å². The van der Waals surface area contributed by atoms with E-state index in [-0.39, 0.29) is 6.04 Å². The molecule has 1 N–H and O–H groups in total. The topological polar surface area (TPSA) is 42.7 Å². The highest BCUT2D eigenvalue weighted by atomic mass is 15.4. The van der Waals surface area contributed by atoms with Crippen LogP contribution < -0.4 is 5.32 Å². The molecule has 3 rings (SSSR count). The van der Waals surface area contributed by atoms with E-state index in [1.165, 1.54) is 36.0 Å². The van der Waals surface area contributed by atoms with E-state index in [0.717, 1.165) is 18.7 Å². The lowest BCUT2D eigenvalue weighted by Crippen LogP contribution is -2.21. The second-order valence-corrected chi connectivity index (χ2v) is 5.49. The summed E-state index contributed by atoms with van der Waals surface area (Å²) in [5, 5.41) is 11.7. The number of fused-ring (bicyclic) bond motifs is 1. The van der Waals surface area contributed by atoms with Crippen molar-refractivity contribution in [1.82, 2.24) is 20.3 Å². The molecule has 0 fully saturated rings. The summed E-state index contributed by atoms with van der Waals surface area (Å²) < 4.78 is 2.01. The summed E-state index contributed by atoms with van der Waals surface area (Å²) in [6, 6.07) is 7.06. The van der Waals surface area contributed by atoms with Gasteiger partial charge in [-0.2, -0.15) is 0 Å². The molecule has 0 saturated heterocycles. The van der Waals surface area contributed by atoms with Crippen LogP contribution in [0.3, 0.4) is 0 Å². The number of hydrogen-bond acceptors (Lipinski definition) is 3. The van der Waals surface area contributed by atoms with Crippen LogP contribution >= 0.6 is 0 Å². The maximum absolute atomic E-state index is 4.20. The highest BCUT2D eigenvalue weighted by Crippen LogP contribution is 2.28. The Morgan fingerprint density at radius 2 is 2.15 bits per heavy atom. The lowest BCUT2D eigenvalue weighted by Gasteiger charge is -2.18. The minimum Gasteiger partial charge on any atom is -0.308 e. The lowest BCUT2D eigenvalue weighted by atomic mass is 9.99. The van der Waals surface area contributed by atoms with Gasteiger partial charge in [-0.25, -0.2) is 4.68 Å². The average molecular weight is 270 g/mol. The second kappa shape index (κ2) is 5.75. The SMILES string of the molecule is CCCn1nncc1C(NC)c1ccc2c(c1)CCC2. The molecule has 4 nitrogen and oxygen atoms in total. The molecule has 1 atom stereocenters. The van der Waals surface area contributed by atoms with Crippen molar-refractivity contribution < 1.29 is 0 Å². The number of benzene rings is 1. The van der Waals surface area contributed by atoms with Crippen LogP contribution in [0, 0.1) is 0 Å².